The molecule has 118 valence electrons. The fourth-order valence-corrected chi connectivity index (χ4v) is 3.18. The van der Waals surface area contributed by atoms with Gasteiger partial charge in [-0.1, -0.05) is 58.9 Å². The maximum Gasteiger partial charge on any atom is -0.00176 e. The van der Waals surface area contributed by atoms with Crippen molar-refractivity contribution in [3.8, 4) is 0 Å². The third-order valence-corrected chi connectivity index (χ3v) is 4.85. The van der Waals surface area contributed by atoms with E-state index in [2.05, 4.69) is 64.2 Å². The normalized spacial score (nSPS) is 22.4. The van der Waals surface area contributed by atoms with Gasteiger partial charge in [0.1, 0.15) is 0 Å². The lowest BCUT2D eigenvalue weighted by Gasteiger charge is -2.37. The Hall–Kier alpha value is -0.820. The summed E-state index contributed by atoms with van der Waals surface area (Å²) in [5, 5.41) is 3.63. The van der Waals surface area contributed by atoms with Gasteiger partial charge in [0.2, 0.25) is 0 Å². The minimum Gasteiger partial charge on any atom is -0.316 e. The van der Waals surface area contributed by atoms with Crippen LogP contribution in [0.25, 0.3) is 0 Å². The van der Waals surface area contributed by atoms with E-state index in [1.165, 1.54) is 36.9 Å². The second-order valence-electron chi connectivity index (χ2n) is 8.30. The second kappa shape index (κ2) is 6.96. The summed E-state index contributed by atoms with van der Waals surface area (Å²) in [5.74, 6) is 2.55. The van der Waals surface area contributed by atoms with E-state index in [0.29, 0.717) is 0 Å². The first-order chi connectivity index (χ1) is 9.86. The first kappa shape index (κ1) is 16.5. The molecule has 0 spiro atoms. The van der Waals surface area contributed by atoms with E-state index in [0.717, 1.165) is 24.3 Å². The number of nitrogens with one attached hydrogen (secondary N) is 1. The van der Waals surface area contributed by atoms with Crippen molar-refractivity contribution in [2.75, 3.05) is 13.1 Å². The molecule has 1 N–H and O–H groups in total. The quantitative estimate of drug-likeness (QED) is 0.792. The lowest BCUT2D eigenvalue weighted by atomic mass is 9.70. The average Bonchev–Trinajstić information content (AvgIpc) is 2.39. The molecule has 0 heterocycles. The van der Waals surface area contributed by atoms with Crippen molar-refractivity contribution in [1.29, 1.82) is 0 Å². The number of benzene rings is 1. The molecule has 21 heavy (non-hydrogen) atoms. The number of hydrogen-bond acceptors (Lipinski definition) is 1. The van der Waals surface area contributed by atoms with E-state index in [9.17, 15) is 0 Å². The largest absolute Gasteiger partial charge is 0.316 e. The Balaban J connectivity index is 1.82. The van der Waals surface area contributed by atoms with Crippen LogP contribution in [0.15, 0.2) is 24.3 Å². The summed E-state index contributed by atoms with van der Waals surface area (Å²) >= 11 is 0. The van der Waals surface area contributed by atoms with Crippen LogP contribution in [0.2, 0.25) is 0 Å². The molecule has 1 aromatic rings. The molecule has 0 bridgehead atoms. The maximum atomic E-state index is 3.63. The van der Waals surface area contributed by atoms with Gasteiger partial charge in [0.05, 0.1) is 0 Å². The zero-order valence-corrected chi connectivity index (χ0v) is 14.6. The molecule has 1 fully saturated rings. The summed E-state index contributed by atoms with van der Waals surface area (Å²) < 4.78 is 0. The third kappa shape index (κ3) is 4.85. The smallest absolute Gasteiger partial charge is 0.00176 e. The van der Waals surface area contributed by atoms with Crippen LogP contribution in [0.4, 0.5) is 0 Å². The molecule has 2 rings (SSSR count). The highest BCUT2D eigenvalue weighted by Gasteiger charge is 2.30. The SMILES string of the molecule is CC(C)CNCC1CCC1Cc1ccc(C(C)(C)C)cc1. The highest BCUT2D eigenvalue weighted by atomic mass is 14.9. The van der Waals surface area contributed by atoms with E-state index >= 15 is 0 Å². The lowest BCUT2D eigenvalue weighted by molar-refractivity contribution is 0.169. The van der Waals surface area contributed by atoms with Crippen LogP contribution in [-0.4, -0.2) is 13.1 Å². The summed E-state index contributed by atoms with van der Waals surface area (Å²) in [5.41, 5.74) is 3.22. The van der Waals surface area contributed by atoms with E-state index in [-0.39, 0.29) is 5.41 Å². The minimum atomic E-state index is 0.262. The van der Waals surface area contributed by atoms with Gasteiger partial charge in [0.25, 0.3) is 0 Å². The van der Waals surface area contributed by atoms with E-state index in [1.54, 1.807) is 0 Å². The molecule has 0 radical (unpaired) electrons. The van der Waals surface area contributed by atoms with Crippen molar-refractivity contribution >= 4 is 0 Å². The predicted octanol–water partition coefficient (Wildman–Crippen LogP) is 4.80. The first-order valence-corrected chi connectivity index (χ1v) is 8.66. The molecule has 0 saturated heterocycles. The van der Waals surface area contributed by atoms with E-state index in [1.807, 2.05) is 0 Å². The molecule has 1 saturated carbocycles. The Kier molecular flexibility index (Phi) is 5.48. The summed E-state index contributed by atoms with van der Waals surface area (Å²) in [6.45, 7) is 13.8. The average molecular weight is 287 g/mol. The van der Waals surface area contributed by atoms with E-state index < -0.39 is 0 Å². The molecule has 1 aliphatic carbocycles. The van der Waals surface area contributed by atoms with Crippen LogP contribution in [0.3, 0.4) is 0 Å². The molecular weight excluding hydrogens is 254 g/mol. The maximum absolute atomic E-state index is 3.63. The van der Waals surface area contributed by atoms with Crippen molar-refractivity contribution in [3.63, 3.8) is 0 Å². The van der Waals surface area contributed by atoms with Gasteiger partial charge in [-0.15, -0.1) is 0 Å². The third-order valence-electron chi connectivity index (χ3n) is 4.85. The molecular formula is C20H33N. The highest BCUT2D eigenvalue weighted by Crippen LogP contribution is 2.36. The van der Waals surface area contributed by atoms with E-state index in [4.69, 9.17) is 0 Å². The van der Waals surface area contributed by atoms with Gasteiger partial charge < -0.3 is 5.32 Å². The molecule has 0 aromatic heterocycles. The van der Waals surface area contributed by atoms with Crippen molar-refractivity contribution in [3.05, 3.63) is 35.4 Å². The van der Waals surface area contributed by atoms with Crippen molar-refractivity contribution in [2.24, 2.45) is 17.8 Å². The van der Waals surface area contributed by atoms with Gasteiger partial charge in [-0.05, 0) is 66.6 Å². The number of rotatable bonds is 6. The zero-order valence-electron chi connectivity index (χ0n) is 14.6. The summed E-state index contributed by atoms with van der Waals surface area (Å²) in [4.78, 5) is 0. The molecule has 1 aromatic carbocycles. The van der Waals surface area contributed by atoms with Gasteiger partial charge in [-0.2, -0.15) is 0 Å². The fraction of sp³-hybridized carbons (Fsp3) is 0.700. The molecule has 2 atom stereocenters. The van der Waals surface area contributed by atoms with Gasteiger partial charge in [-0.25, -0.2) is 0 Å². The minimum absolute atomic E-state index is 0.262. The summed E-state index contributed by atoms with van der Waals surface area (Å²) in [6, 6.07) is 9.33. The van der Waals surface area contributed by atoms with Gasteiger partial charge in [0.15, 0.2) is 0 Å². The lowest BCUT2D eigenvalue weighted by Crippen LogP contribution is -2.37. The molecule has 1 nitrogen and oxygen atoms in total. The molecule has 0 amide bonds. The van der Waals surface area contributed by atoms with Crippen LogP contribution in [0, 0.1) is 17.8 Å². The number of hydrogen-bond donors (Lipinski definition) is 1. The summed E-state index contributed by atoms with van der Waals surface area (Å²) in [6.07, 6.45) is 4.09. The monoisotopic (exact) mass is 287 g/mol. The van der Waals surface area contributed by atoms with Crippen LogP contribution < -0.4 is 5.32 Å². The highest BCUT2D eigenvalue weighted by molar-refractivity contribution is 5.28. The van der Waals surface area contributed by atoms with Gasteiger partial charge in [-0.3, -0.25) is 0 Å². The first-order valence-electron chi connectivity index (χ1n) is 8.66. The fourth-order valence-electron chi connectivity index (χ4n) is 3.18. The molecule has 1 heteroatoms. The Morgan fingerprint density at radius 1 is 1.05 bits per heavy atom. The Bertz CT molecular complexity index is 424. The molecule has 2 unspecified atom stereocenters. The van der Waals surface area contributed by atoms with Gasteiger partial charge in [0, 0.05) is 0 Å². The predicted molar refractivity (Wildman–Crippen MR) is 92.8 cm³/mol. The second-order valence-corrected chi connectivity index (χ2v) is 8.30. The van der Waals surface area contributed by atoms with Crippen molar-refractivity contribution in [1.82, 2.24) is 5.32 Å². The zero-order chi connectivity index (χ0) is 15.5. The molecule has 0 aliphatic heterocycles. The van der Waals surface area contributed by atoms with Crippen molar-refractivity contribution < 1.29 is 0 Å². The standard InChI is InChI=1S/C20H33N/c1-15(2)13-21-14-18-9-8-17(18)12-16-6-10-19(11-7-16)20(3,4)5/h6-7,10-11,15,17-18,21H,8-9,12-14H2,1-5H3. The Labute approximate surface area is 131 Å². The summed E-state index contributed by atoms with van der Waals surface area (Å²) in [7, 11) is 0. The molecule has 1 aliphatic rings. The van der Waals surface area contributed by atoms with Crippen molar-refractivity contribution in [2.45, 2.75) is 59.3 Å². The van der Waals surface area contributed by atoms with Crippen LogP contribution >= 0.6 is 0 Å². The topological polar surface area (TPSA) is 12.0 Å². The van der Waals surface area contributed by atoms with Crippen LogP contribution in [0.5, 0.6) is 0 Å². The van der Waals surface area contributed by atoms with Crippen LogP contribution in [-0.2, 0) is 11.8 Å². The van der Waals surface area contributed by atoms with Crippen LogP contribution in [0.1, 0.15) is 58.6 Å². The van der Waals surface area contributed by atoms with Gasteiger partial charge >= 0.3 is 0 Å². The Morgan fingerprint density at radius 2 is 1.67 bits per heavy atom. The Morgan fingerprint density at radius 3 is 2.14 bits per heavy atom.